The summed E-state index contributed by atoms with van der Waals surface area (Å²) in [4.78, 5) is 0. The highest BCUT2D eigenvalue weighted by molar-refractivity contribution is 5.84. The minimum atomic E-state index is 0.686. The number of hydrogen-bond donors (Lipinski definition) is 0. The average Bonchev–Trinajstić information content (AvgIpc) is 2.60. The Bertz CT molecular complexity index is 448. The van der Waals surface area contributed by atoms with Gasteiger partial charge in [0.2, 0.25) is 0 Å². The second-order valence-electron chi connectivity index (χ2n) is 2.98. The van der Waals surface area contributed by atoms with E-state index in [1.807, 2.05) is 19.9 Å². The van der Waals surface area contributed by atoms with Crippen LogP contribution in [-0.2, 0) is 0 Å². The molecule has 0 saturated heterocycles. The molecule has 2 rings (SSSR count). The molecule has 0 aliphatic carbocycles. The van der Waals surface area contributed by atoms with Crippen molar-refractivity contribution in [2.24, 2.45) is 0 Å². The fourth-order valence-corrected chi connectivity index (χ4v) is 1.31. The van der Waals surface area contributed by atoms with Crippen molar-refractivity contribution in [1.29, 1.82) is 0 Å². The van der Waals surface area contributed by atoms with E-state index < -0.39 is 0 Å². The van der Waals surface area contributed by atoms with Gasteiger partial charge in [-0.1, -0.05) is 0 Å². The number of nitrogens with zero attached hydrogens (tertiary/aromatic N) is 2. The van der Waals surface area contributed by atoms with Gasteiger partial charge in [-0.3, -0.25) is 0 Å². The molecular formula is C9H10N2O2. The zero-order valence-electron chi connectivity index (χ0n) is 7.79. The van der Waals surface area contributed by atoms with Gasteiger partial charge < -0.3 is 4.74 Å². The van der Waals surface area contributed by atoms with Gasteiger partial charge >= 0.3 is 0 Å². The van der Waals surface area contributed by atoms with E-state index in [1.165, 1.54) is 0 Å². The molecule has 0 atom stereocenters. The highest BCUT2D eigenvalue weighted by atomic mass is 16.6. The van der Waals surface area contributed by atoms with Crippen LogP contribution in [0.25, 0.3) is 11.0 Å². The maximum absolute atomic E-state index is 5.16. The quantitative estimate of drug-likeness (QED) is 0.668. The second-order valence-corrected chi connectivity index (χ2v) is 2.98. The van der Waals surface area contributed by atoms with E-state index in [0.29, 0.717) is 11.3 Å². The number of rotatable bonds is 1. The van der Waals surface area contributed by atoms with Crippen LogP contribution in [-0.4, -0.2) is 17.4 Å². The van der Waals surface area contributed by atoms with Gasteiger partial charge in [0.25, 0.3) is 0 Å². The molecule has 0 bridgehead atoms. The molecule has 68 valence electrons. The van der Waals surface area contributed by atoms with E-state index in [4.69, 9.17) is 4.74 Å². The van der Waals surface area contributed by atoms with Gasteiger partial charge in [-0.25, -0.2) is 4.63 Å². The summed E-state index contributed by atoms with van der Waals surface area (Å²) in [5, 5.41) is 7.60. The van der Waals surface area contributed by atoms with Crippen LogP contribution in [0.4, 0.5) is 0 Å². The summed E-state index contributed by atoms with van der Waals surface area (Å²) in [6.07, 6.45) is 0. The van der Waals surface area contributed by atoms with Crippen molar-refractivity contribution in [3.63, 3.8) is 0 Å². The van der Waals surface area contributed by atoms with Crippen LogP contribution in [0, 0.1) is 13.8 Å². The lowest BCUT2D eigenvalue weighted by atomic mass is 10.1. The van der Waals surface area contributed by atoms with Gasteiger partial charge in [-0.05, 0) is 41.4 Å². The third-order valence-corrected chi connectivity index (χ3v) is 2.24. The Morgan fingerprint density at radius 3 is 2.62 bits per heavy atom. The van der Waals surface area contributed by atoms with Crippen LogP contribution >= 0.6 is 0 Å². The Kier molecular flexibility index (Phi) is 1.69. The summed E-state index contributed by atoms with van der Waals surface area (Å²) in [6.45, 7) is 3.99. The topological polar surface area (TPSA) is 48.2 Å². The summed E-state index contributed by atoms with van der Waals surface area (Å²) >= 11 is 0. The summed E-state index contributed by atoms with van der Waals surface area (Å²) in [6, 6.07) is 1.93. The van der Waals surface area contributed by atoms with Crippen molar-refractivity contribution in [3.8, 4) is 5.75 Å². The molecule has 0 saturated carbocycles. The SMILES string of the molecule is COc1cc(C)c(C)c2nonc12. The molecule has 2 aromatic rings. The van der Waals surface area contributed by atoms with Crippen LogP contribution in [0.1, 0.15) is 11.1 Å². The molecule has 0 radical (unpaired) electrons. The zero-order valence-corrected chi connectivity index (χ0v) is 7.79. The summed E-state index contributed by atoms with van der Waals surface area (Å²) in [5.74, 6) is 0.708. The standard InChI is InChI=1S/C9H10N2O2/c1-5-4-7(12-3)9-8(6(5)2)10-13-11-9/h4H,1-3H3. The van der Waals surface area contributed by atoms with Gasteiger partial charge in [0.15, 0.2) is 11.3 Å². The van der Waals surface area contributed by atoms with Crippen LogP contribution in [0.15, 0.2) is 10.7 Å². The minimum Gasteiger partial charge on any atom is -0.494 e. The lowest BCUT2D eigenvalue weighted by molar-refractivity contribution is 0.313. The third-order valence-electron chi connectivity index (χ3n) is 2.24. The molecule has 0 N–H and O–H groups in total. The lowest BCUT2D eigenvalue weighted by Gasteiger charge is -2.03. The molecule has 4 heteroatoms. The fraction of sp³-hybridized carbons (Fsp3) is 0.333. The van der Waals surface area contributed by atoms with Crippen molar-refractivity contribution in [3.05, 3.63) is 17.2 Å². The van der Waals surface area contributed by atoms with Crippen LogP contribution in [0.5, 0.6) is 5.75 Å². The summed E-state index contributed by atoms with van der Waals surface area (Å²) in [7, 11) is 1.61. The van der Waals surface area contributed by atoms with Crippen molar-refractivity contribution in [2.75, 3.05) is 7.11 Å². The maximum Gasteiger partial charge on any atom is 0.177 e. The Balaban J connectivity index is 2.87. The molecule has 1 heterocycles. The fourth-order valence-electron chi connectivity index (χ4n) is 1.31. The molecule has 0 amide bonds. The first-order chi connectivity index (χ1) is 6.24. The normalized spacial score (nSPS) is 10.7. The van der Waals surface area contributed by atoms with Gasteiger partial charge in [0.1, 0.15) is 5.52 Å². The van der Waals surface area contributed by atoms with Crippen molar-refractivity contribution in [1.82, 2.24) is 10.3 Å². The Morgan fingerprint density at radius 1 is 1.23 bits per heavy atom. The molecule has 0 aliphatic heterocycles. The van der Waals surface area contributed by atoms with Crippen molar-refractivity contribution < 1.29 is 9.37 Å². The molecule has 4 nitrogen and oxygen atoms in total. The van der Waals surface area contributed by atoms with Gasteiger partial charge in [0, 0.05) is 0 Å². The van der Waals surface area contributed by atoms with Crippen molar-refractivity contribution in [2.45, 2.75) is 13.8 Å². The summed E-state index contributed by atoms with van der Waals surface area (Å²) in [5.41, 5.74) is 3.67. The molecule has 1 aromatic carbocycles. The number of methoxy groups -OCH3 is 1. The minimum absolute atomic E-state index is 0.686. The molecular weight excluding hydrogens is 168 g/mol. The van der Waals surface area contributed by atoms with Gasteiger partial charge in [-0.15, -0.1) is 0 Å². The number of fused-ring (bicyclic) bond motifs is 1. The Morgan fingerprint density at radius 2 is 1.92 bits per heavy atom. The van der Waals surface area contributed by atoms with Gasteiger partial charge in [0.05, 0.1) is 7.11 Å². The first-order valence-electron chi connectivity index (χ1n) is 4.00. The maximum atomic E-state index is 5.16. The predicted octanol–water partition coefficient (Wildman–Crippen LogP) is 1.85. The molecule has 0 aliphatic rings. The van der Waals surface area contributed by atoms with E-state index >= 15 is 0 Å². The monoisotopic (exact) mass is 178 g/mol. The number of aromatic nitrogens is 2. The van der Waals surface area contributed by atoms with E-state index in [2.05, 4.69) is 14.9 Å². The number of ether oxygens (including phenoxy) is 1. The molecule has 1 aromatic heterocycles. The van der Waals surface area contributed by atoms with E-state index in [9.17, 15) is 0 Å². The highest BCUT2D eigenvalue weighted by Gasteiger charge is 2.11. The third kappa shape index (κ3) is 1.06. The molecule has 0 fully saturated rings. The van der Waals surface area contributed by atoms with Crippen molar-refractivity contribution >= 4 is 11.0 Å². The van der Waals surface area contributed by atoms with E-state index in [1.54, 1.807) is 7.11 Å². The smallest absolute Gasteiger partial charge is 0.177 e. The Hall–Kier alpha value is -1.58. The zero-order chi connectivity index (χ0) is 9.42. The van der Waals surface area contributed by atoms with Crippen LogP contribution in [0.2, 0.25) is 0 Å². The number of hydrogen-bond acceptors (Lipinski definition) is 4. The molecule has 13 heavy (non-hydrogen) atoms. The largest absolute Gasteiger partial charge is 0.494 e. The van der Waals surface area contributed by atoms with E-state index in [0.717, 1.165) is 16.6 Å². The van der Waals surface area contributed by atoms with Crippen LogP contribution in [0.3, 0.4) is 0 Å². The number of aryl methyl sites for hydroxylation is 2. The highest BCUT2D eigenvalue weighted by Crippen LogP contribution is 2.27. The first kappa shape index (κ1) is 8.04. The second kappa shape index (κ2) is 2.73. The van der Waals surface area contributed by atoms with E-state index in [-0.39, 0.29) is 0 Å². The molecule has 0 spiro atoms. The average molecular weight is 178 g/mol. The van der Waals surface area contributed by atoms with Crippen LogP contribution < -0.4 is 4.74 Å². The van der Waals surface area contributed by atoms with Gasteiger partial charge in [-0.2, -0.15) is 0 Å². The first-order valence-corrected chi connectivity index (χ1v) is 4.00. The summed E-state index contributed by atoms with van der Waals surface area (Å²) < 4.78 is 9.82. The number of benzene rings is 1. The Labute approximate surface area is 75.5 Å². The lowest BCUT2D eigenvalue weighted by Crippen LogP contribution is -1.89. The predicted molar refractivity (Wildman–Crippen MR) is 47.8 cm³/mol. The molecule has 0 unspecified atom stereocenters.